The van der Waals surface area contributed by atoms with Crippen LogP contribution in [0.3, 0.4) is 0 Å². The van der Waals surface area contributed by atoms with Crippen molar-refractivity contribution in [2.45, 2.75) is 25.4 Å². The number of hydrogen-bond donors (Lipinski definition) is 0. The molecule has 0 saturated heterocycles. The zero-order chi connectivity index (χ0) is 12.6. The zero-order valence-corrected chi connectivity index (χ0v) is 9.61. The van der Waals surface area contributed by atoms with E-state index < -0.39 is 16.8 Å². The SMILES string of the molecule is O=C(c1ccc(C(F)(F)F)c(Cl)c1)C1CCC1. The van der Waals surface area contributed by atoms with Gasteiger partial charge in [0.2, 0.25) is 0 Å². The van der Waals surface area contributed by atoms with Crippen molar-refractivity contribution in [3.05, 3.63) is 34.3 Å². The number of hydrogen-bond acceptors (Lipinski definition) is 1. The highest BCUT2D eigenvalue weighted by molar-refractivity contribution is 6.31. The van der Waals surface area contributed by atoms with Gasteiger partial charge >= 0.3 is 6.18 Å². The summed E-state index contributed by atoms with van der Waals surface area (Å²) in [4.78, 5) is 11.8. The van der Waals surface area contributed by atoms with Crippen LogP contribution in [0, 0.1) is 5.92 Å². The van der Waals surface area contributed by atoms with Gasteiger partial charge in [0.05, 0.1) is 10.6 Å². The van der Waals surface area contributed by atoms with Gasteiger partial charge in [0, 0.05) is 11.5 Å². The Morgan fingerprint density at radius 1 is 1.29 bits per heavy atom. The summed E-state index contributed by atoms with van der Waals surface area (Å²) < 4.78 is 37.3. The van der Waals surface area contributed by atoms with Crippen molar-refractivity contribution < 1.29 is 18.0 Å². The van der Waals surface area contributed by atoms with E-state index in [1.54, 1.807) is 0 Å². The van der Waals surface area contributed by atoms with E-state index in [-0.39, 0.29) is 17.3 Å². The van der Waals surface area contributed by atoms with Gasteiger partial charge < -0.3 is 0 Å². The molecule has 1 aliphatic rings. The molecule has 17 heavy (non-hydrogen) atoms. The first-order valence-corrected chi connectivity index (χ1v) is 5.68. The fraction of sp³-hybridized carbons (Fsp3) is 0.417. The van der Waals surface area contributed by atoms with Gasteiger partial charge in [-0.1, -0.05) is 24.1 Å². The van der Waals surface area contributed by atoms with Crippen LogP contribution in [-0.4, -0.2) is 5.78 Å². The monoisotopic (exact) mass is 262 g/mol. The van der Waals surface area contributed by atoms with Gasteiger partial charge in [0.15, 0.2) is 5.78 Å². The van der Waals surface area contributed by atoms with E-state index in [0.29, 0.717) is 0 Å². The molecule has 0 amide bonds. The molecule has 5 heteroatoms. The molecule has 1 saturated carbocycles. The van der Waals surface area contributed by atoms with Gasteiger partial charge in [-0.05, 0) is 25.0 Å². The molecule has 0 spiro atoms. The molecule has 0 aromatic heterocycles. The van der Waals surface area contributed by atoms with Gasteiger partial charge in [-0.15, -0.1) is 0 Å². The molecule has 0 N–H and O–H groups in total. The standard InChI is InChI=1S/C12H10ClF3O/c13-10-6-8(11(17)7-2-1-3-7)4-5-9(10)12(14,15)16/h4-7H,1-3H2. The Balaban J connectivity index is 2.27. The number of carbonyl (C=O) groups is 1. The van der Waals surface area contributed by atoms with Crippen molar-refractivity contribution in [2.24, 2.45) is 5.92 Å². The summed E-state index contributed by atoms with van der Waals surface area (Å²) in [6, 6.07) is 3.19. The molecule has 0 atom stereocenters. The first kappa shape index (κ1) is 12.4. The summed E-state index contributed by atoms with van der Waals surface area (Å²) in [6.07, 6.45) is -1.84. The Morgan fingerprint density at radius 2 is 1.94 bits per heavy atom. The van der Waals surface area contributed by atoms with Crippen LogP contribution in [0.5, 0.6) is 0 Å². The van der Waals surface area contributed by atoms with E-state index in [0.717, 1.165) is 31.4 Å². The van der Waals surface area contributed by atoms with E-state index in [4.69, 9.17) is 11.6 Å². The second kappa shape index (κ2) is 4.33. The fourth-order valence-electron chi connectivity index (χ4n) is 1.80. The summed E-state index contributed by atoms with van der Waals surface area (Å²) in [7, 11) is 0. The van der Waals surface area contributed by atoms with Gasteiger partial charge in [-0.25, -0.2) is 0 Å². The van der Waals surface area contributed by atoms with E-state index in [1.807, 2.05) is 0 Å². The Morgan fingerprint density at radius 3 is 2.35 bits per heavy atom. The minimum absolute atomic E-state index is 0.0391. The van der Waals surface area contributed by atoms with Crippen LogP contribution in [0.2, 0.25) is 5.02 Å². The Bertz CT molecular complexity index is 450. The number of rotatable bonds is 2. The molecule has 1 aromatic rings. The van der Waals surface area contributed by atoms with Crippen molar-refractivity contribution in [2.75, 3.05) is 0 Å². The Labute approximate surface area is 102 Å². The molecule has 0 heterocycles. The third kappa shape index (κ3) is 2.46. The maximum atomic E-state index is 12.4. The summed E-state index contributed by atoms with van der Waals surface area (Å²) >= 11 is 5.55. The average molecular weight is 263 g/mol. The molecule has 2 rings (SSSR count). The lowest BCUT2D eigenvalue weighted by atomic mass is 9.80. The quantitative estimate of drug-likeness (QED) is 0.725. The highest BCUT2D eigenvalue weighted by atomic mass is 35.5. The predicted molar refractivity (Wildman–Crippen MR) is 58.1 cm³/mol. The van der Waals surface area contributed by atoms with Crippen LogP contribution in [-0.2, 0) is 6.18 Å². The number of halogens is 4. The molecule has 0 aliphatic heterocycles. The number of Topliss-reactive ketones (excluding diaryl/α,β-unsaturated/α-hetero) is 1. The van der Waals surface area contributed by atoms with Crippen molar-refractivity contribution in [1.82, 2.24) is 0 Å². The van der Waals surface area contributed by atoms with Crippen molar-refractivity contribution in [1.29, 1.82) is 0 Å². The molecular weight excluding hydrogens is 253 g/mol. The minimum atomic E-state index is -4.48. The smallest absolute Gasteiger partial charge is 0.294 e. The first-order chi connectivity index (χ1) is 7.89. The number of benzene rings is 1. The fourth-order valence-corrected chi connectivity index (χ4v) is 2.09. The predicted octanol–water partition coefficient (Wildman–Crippen LogP) is 4.34. The van der Waals surface area contributed by atoms with E-state index in [9.17, 15) is 18.0 Å². The van der Waals surface area contributed by atoms with Gasteiger partial charge in [0.1, 0.15) is 0 Å². The number of carbonyl (C=O) groups excluding carboxylic acids is 1. The Hall–Kier alpha value is -1.03. The lowest BCUT2D eigenvalue weighted by Gasteiger charge is -2.24. The number of alkyl halides is 3. The van der Waals surface area contributed by atoms with E-state index in [1.165, 1.54) is 6.07 Å². The topological polar surface area (TPSA) is 17.1 Å². The second-order valence-electron chi connectivity index (χ2n) is 4.18. The zero-order valence-electron chi connectivity index (χ0n) is 8.85. The third-order valence-corrected chi connectivity index (χ3v) is 3.35. The number of ketones is 1. The lowest BCUT2D eigenvalue weighted by molar-refractivity contribution is -0.137. The minimum Gasteiger partial charge on any atom is -0.294 e. The van der Waals surface area contributed by atoms with Crippen LogP contribution in [0.25, 0.3) is 0 Å². The molecule has 92 valence electrons. The average Bonchev–Trinajstić information content (AvgIpc) is 2.12. The summed E-state index contributed by atoms with van der Waals surface area (Å²) in [5.74, 6) is -0.144. The highest BCUT2D eigenvalue weighted by Crippen LogP contribution is 2.36. The molecule has 0 unspecified atom stereocenters. The molecule has 0 radical (unpaired) electrons. The van der Waals surface area contributed by atoms with Crippen LogP contribution in [0.1, 0.15) is 35.2 Å². The van der Waals surface area contributed by atoms with Crippen LogP contribution < -0.4 is 0 Å². The first-order valence-electron chi connectivity index (χ1n) is 5.30. The molecule has 1 nitrogen and oxygen atoms in total. The van der Waals surface area contributed by atoms with Crippen LogP contribution in [0.15, 0.2) is 18.2 Å². The van der Waals surface area contributed by atoms with Crippen molar-refractivity contribution in [3.8, 4) is 0 Å². The van der Waals surface area contributed by atoms with E-state index >= 15 is 0 Å². The van der Waals surface area contributed by atoms with E-state index in [2.05, 4.69) is 0 Å². The normalized spacial score (nSPS) is 16.7. The summed E-state index contributed by atoms with van der Waals surface area (Å²) in [6.45, 7) is 0. The van der Waals surface area contributed by atoms with Crippen molar-refractivity contribution >= 4 is 17.4 Å². The largest absolute Gasteiger partial charge is 0.417 e. The lowest BCUT2D eigenvalue weighted by Crippen LogP contribution is -2.22. The van der Waals surface area contributed by atoms with Gasteiger partial charge in [0.25, 0.3) is 0 Å². The maximum absolute atomic E-state index is 12.4. The second-order valence-corrected chi connectivity index (χ2v) is 4.59. The summed E-state index contributed by atoms with van der Waals surface area (Å²) in [5.41, 5.74) is -0.628. The van der Waals surface area contributed by atoms with Crippen LogP contribution >= 0.6 is 11.6 Å². The van der Waals surface area contributed by atoms with Crippen molar-refractivity contribution in [3.63, 3.8) is 0 Å². The molecule has 1 aromatic carbocycles. The highest BCUT2D eigenvalue weighted by Gasteiger charge is 2.34. The Kier molecular flexibility index (Phi) is 3.17. The molecular formula is C12H10ClF3O. The molecule has 1 aliphatic carbocycles. The summed E-state index contributed by atoms with van der Waals surface area (Å²) in [5, 5.41) is -0.414. The third-order valence-electron chi connectivity index (χ3n) is 3.03. The molecule has 0 bridgehead atoms. The van der Waals surface area contributed by atoms with Gasteiger partial charge in [-0.3, -0.25) is 4.79 Å². The molecule has 1 fully saturated rings. The van der Waals surface area contributed by atoms with Gasteiger partial charge in [-0.2, -0.15) is 13.2 Å². The maximum Gasteiger partial charge on any atom is 0.417 e. The van der Waals surface area contributed by atoms with Crippen LogP contribution in [0.4, 0.5) is 13.2 Å².